The van der Waals surface area contributed by atoms with Gasteiger partial charge in [-0.05, 0) is 56.6 Å². The third-order valence-corrected chi connectivity index (χ3v) is 5.60. The standard InChI is InChI=1S/C23H29F2N3O2S/c1-16-3-6-22(17(13-16)15-29)27-23(31)26-18-7-10-28(11-8-18)9-2-12-30-19-4-5-20(24)21(25)14-19/h3-6,13-14,18,29H,2,7-12,15H2,1H3,(H2,26,27,31). The van der Waals surface area contributed by atoms with Crippen LogP contribution in [0.4, 0.5) is 14.5 Å². The van der Waals surface area contributed by atoms with E-state index >= 15 is 0 Å². The van der Waals surface area contributed by atoms with Crippen LogP contribution in [0.1, 0.15) is 30.4 Å². The fraction of sp³-hybridized carbons (Fsp3) is 0.435. The Morgan fingerprint density at radius 3 is 2.65 bits per heavy atom. The van der Waals surface area contributed by atoms with E-state index in [2.05, 4.69) is 15.5 Å². The summed E-state index contributed by atoms with van der Waals surface area (Å²) >= 11 is 5.45. The predicted octanol–water partition coefficient (Wildman–Crippen LogP) is 3.99. The van der Waals surface area contributed by atoms with Gasteiger partial charge in [0.05, 0.1) is 13.2 Å². The summed E-state index contributed by atoms with van der Waals surface area (Å²) in [6.45, 7) is 5.21. The summed E-state index contributed by atoms with van der Waals surface area (Å²) in [6, 6.07) is 9.75. The summed E-state index contributed by atoms with van der Waals surface area (Å²) in [5.74, 6) is -1.42. The fourth-order valence-electron chi connectivity index (χ4n) is 3.66. The van der Waals surface area contributed by atoms with Crippen LogP contribution in [0.3, 0.4) is 0 Å². The van der Waals surface area contributed by atoms with Crippen molar-refractivity contribution in [2.75, 3.05) is 31.6 Å². The van der Waals surface area contributed by atoms with Gasteiger partial charge in [-0.1, -0.05) is 17.7 Å². The van der Waals surface area contributed by atoms with Gasteiger partial charge in [0.25, 0.3) is 0 Å². The van der Waals surface area contributed by atoms with Crippen LogP contribution in [0.2, 0.25) is 0 Å². The Morgan fingerprint density at radius 2 is 1.94 bits per heavy atom. The number of hydrogen-bond acceptors (Lipinski definition) is 4. The lowest BCUT2D eigenvalue weighted by atomic mass is 10.1. The maximum Gasteiger partial charge on any atom is 0.171 e. The lowest BCUT2D eigenvalue weighted by molar-refractivity contribution is 0.188. The lowest BCUT2D eigenvalue weighted by Crippen LogP contribution is -2.46. The maximum absolute atomic E-state index is 13.2. The van der Waals surface area contributed by atoms with Gasteiger partial charge in [-0.2, -0.15) is 0 Å². The van der Waals surface area contributed by atoms with Crippen LogP contribution in [0, 0.1) is 18.6 Å². The molecule has 1 fully saturated rings. The topological polar surface area (TPSA) is 56.8 Å². The van der Waals surface area contributed by atoms with Crippen LogP contribution in [0.15, 0.2) is 36.4 Å². The van der Waals surface area contributed by atoms with Crippen LogP contribution in [0.5, 0.6) is 5.75 Å². The molecule has 0 saturated carbocycles. The number of benzene rings is 2. The van der Waals surface area contributed by atoms with Gasteiger partial charge in [0.15, 0.2) is 16.7 Å². The highest BCUT2D eigenvalue weighted by Gasteiger charge is 2.19. The number of halogens is 2. The van der Waals surface area contributed by atoms with E-state index < -0.39 is 11.6 Å². The van der Waals surface area contributed by atoms with E-state index in [4.69, 9.17) is 17.0 Å². The number of aryl methyl sites for hydroxylation is 1. The first-order valence-corrected chi connectivity index (χ1v) is 10.9. The maximum atomic E-state index is 13.2. The molecule has 0 radical (unpaired) electrons. The first-order chi connectivity index (χ1) is 14.9. The predicted molar refractivity (Wildman–Crippen MR) is 122 cm³/mol. The molecule has 168 valence electrons. The summed E-state index contributed by atoms with van der Waals surface area (Å²) < 4.78 is 31.6. The second kappa shape index (κ2) is 11.4. The van der Waals surface area contributed by atoms with Crippen molar-refractivity contribution in [3.05, 3.63) is 59.2 Å². The first kappa shape index (κ1) is 23.4. The molecule has 0 bridgehead atoms. The first-order valence-electron chi connectivity index (χ1n) is 10.5. The van der Waals surface area contributed by atoms with Gasteiger partial charge in [0.1, 0.15) is 5.75 Å². The number of nitrogens with zero attached hydrogens (tertiary/aromatic N) is 1. The quantitative estimate of drug-likeness (QED) is 0.419. The number of ether oxygens (including phenoxy) is 1. The number of likely N-dealkylation sites (tertiary alicyclic amines) is 1. The molecule has 1 heterocycles. The van der Waals surface area contributed by atoms with Gasteiger partial charge in [0, 0.05) is 43.0 Å². The third-order valence-electron chi connectivity index (χ3n) is 5.38. The molecule has 0 unspecified atom stereocenters. The highest BCUT2D eigenvalue weighted by Crippen LogP contribution is 2.18. The monoisotopic (exact) mass is 449 g/mol. The molecular formula is C23H29F2N3O2S. The van der Waals surface area contributed by atoms with Gasteiger partial charge < -0.3 is 25.4 Å². The molecule has 3 rings (SSSR count). The normalized spacial score (nSPS) is 15.0. The van der Waals surface area contributed by atoms with E-state index in [1.807, 2.05) is 25.1 Å². The Hall–Kier alpha value is -2.29. The third kappa shape index (κ3) is 7.12. The van der Waals surface area contributed by atoms with E-state index in [-0.39, 0.29) is 6.61 Å². The Labute approximate surface area is 187 Å². The molecule has 5 nitrogen and oxygen atoms in total. The summed E-state index contributed by atoms with van der Waals surface area (Å²) in [4.78, 5) is 2.37. The SMILES string of the molecule is Cc1ccc(NC(=S)NC2CCN(CCCOc3ccc(F)c(F)c3)CC2)c(CO)c1. The molecule has 2 aromatic carbocycles. The Bertz CT molecular complexity index is 889. The summed E-state index contributed by atoms with van der Waals surface area (Å²) in [7, 11) is 0. The zero-order valence-electron chi connectivity index (χ0n) is 17.7. The second-order valence-electron chi connectivity index (χ2n) is 7.81. The van der Waals surface area contributed by atoms with E-state index in [0.29, 0.717) is 23.5 Å². The lowest BCUT2D eigenvalue weighted by Gasteiger charge is -2.33. The van der Waals surface area contributed by atoms with Crippen LogP contribution in [-0.2, 0) is 6.61 Å². The highest BCUT2D eigenvalue weighted by molar-refractivity contribution is 7.80. The molecule has 0 aromatic heterocycles. The molecule has 1 saturated heterocycles. The molecule has 1 aliphatic heterocycles. The number of aliphatic hydroxyl groups is 1. The van der Waals surface area contributed by atoms with Gasteiger partial charge in [-0.25, -0.2) is 8.78 Å². The molecule has 1 aliphatic rings. The highest BCUT2D eigenvalue weighted by atomic mass is 32.1. The van der Waals surface area contributed by atoms with Gasteiger partial charge in [-0.3, -0.25) is 0 Å². The summed E-state index contributed by atoms with van der Waals surface area (Å²) in [5.41, 5.74) is 2.74. The number of nitrogens with one attached hydrogen (secondary N) is 2. The molecule has 31 heavy (non-hydrogen) atoms. The van der Waals surface area contributed by atoms with Crippen molar-refractivity contribution in [1.29, 1.82) is 0 Å². The molecule has 0 spiro atoms. The summed E-state index contributed by atoms with van der Waals surface area (Å²) in [6.07, 6.45) is 2.77. The van der Waals surface area contributed by atoms with Crippen LogP contribution >= 0.6 is 12.2 Å². The van der Waals surface area contributed by atoms with Crippen molar-refractivity contribution in [2.24, 2.45) is 0 Å². The Balaban J connectivity index is 1.34. The molecule has 0 atom stereocenters. The van der Waals surface area contributed by atoms with Crippen molar-refractivity contribution in [1.82, 2.24) is 10.2 Å². The number of rotatable bonds is 8. The minimum Gasteiger partial charge on any atom is -0.493 e. The van der Waals surface area contributed by atoms with Gasteiger partial charge in [-0.15, -0.1) is 0 Å². The molecule has 0 aliphatic carbocycles. The Kier molecular flexibility index (Phi) is 8.57. The number of hydrogen-bond donors (Lipinski definition) is 3. The van der Waals surface area contributed by atoms with Crippen molar-refractivity contribution in [2.45, 2.75) is 38.8 Å². The smallest absolute Gasteiger partial charge is 0.171 e. The van der Waals surface area contributed by atoms with Crippen molar-refractivity contribution in [3.63, 3.8) is 0 Å². The van der Waals surface area contributed by atoms with Crippen LogP contribution in [-0.4, -0.2) is 47.4 Å². The number of thiocarbonyl (C=S) groups is 1. The number of aliphatic hydroxyl groups excluding tert-OH is 1. The molecule has 2 aromatic rings. The largest absolute Gasteiger partial charge is 0.493 e. The second-order valence-corrected chi connectivity index (χ2v) is 8.22. The number of piperidine rings is 1. The average molecular weight is 450 g/mol. The number of anilines is 1. The zero-order chi connectivity index (χ0) is 22.2. The van der Waals surface area contributed by atoms with E-state index in [9.17, 15) is 13.9 Å². The Morgan fingerprint density at radius 1 is 1.16 bits per heavy atom. The fourth-order valence-corrected chi connectivity index (χ4v) is 3.94. The van der Waals surface area contributed by atoms with Gasteiger partial charge >= 0.3 is 0 Å². The van der Waals surface area contributed by atoms with Crippen LogP contribution in [0.25, 0.3) is 0 Å². The minimum absolute atomic E-state index is 0.0369. The van der Waals surface area contributed by atoms with Crippen molar-refractivity contribution < 1.29 is 18.6 Å². The van der Waals surface area contributed by atoms with Gasteiger partial charge in [0.2, 0.25) is 0 Å². The molecule has 8 heteroatoms. The molecule has 3 N–H and O–H groups in total. The molecular weight excluding hydrogens is 420 g/mol. The minimum atomic E-state index is -0.894. The van der Waals surface area contributed by atoms with Crippen molar-refractivity contribution in [3.8, 4) is 5.75 Å². The van der Waals surface area contributed by atoms with E-state index in [0.717, 1.165) is 67.8 Å². The zero-order valence-corrected chi connectivity index (χ0v) is 18.5. The van der Waals surface area contributed by atoms with Crippen LogP contribution < -0.4 is 15.4 Å². The van der Waals surface area contributed by atoms with E-state index in [1.54, 1.807) is 0 Å². The molecule has 0 amide bonds. The summed E-state index contributed by atoms with van der Waals surface area (Å²) in [5, 5.41) is 16.7. The van der Waals surface area contributed by atoms with E-state index in [1.165, 1.54) is 6.07 Å². The average Bonchev–Trinajstić information content (AvgIpc) is 2.76. The van der Waals surface area contributed by atoms with Crippen molar-refractivity contribution >= 4 is 23.0 Å².